The highest BCUT2D eigenvalue weighted by molar-refractivity contribution is 7.79. The van der Waals surface area contributed by atoms with Gasteiger partial charge in [-0.1, -0.05) is 127 Å². The summed E-state index contributed by atoms with van der Waals surface area (Å²) in [5, 5.41) is 4.63. The van der Waals surface area contributed by atoms with E-state index >= 15 is 0 Å². The van der Waals surface area contributed by atoms with Crippen LogP contribution >= 0.6 is 7.71 Å². The van der Waals surface area contributed by atoms with Crippen molar-refractivity contribution in [2.24, 2.45) is 0 Å². The minimum atomic E-state index is -1.86. The van der Waals surface area contributed by atoms with Gasteiger partial charge in [0.25, 0.3) is 7.71 Å². The lowest BCUT2D eigenvalue weighted by Gasteiger charge is -2.60. The fourth-order valence-corrected chi connectivity index (χ4v) is 19.8. The van der Waals surface area contributed by atoms with E-state index in [1.165, 1.54) is 134 Å². The monoisotopic (exact) mass is 580 g/mol. The summed E-state index contributed by atoms with van der Waals surface area (Å²) in [5.41, 5.74) is 3.01. The number of nitrogens with one attached hydrogen (secondary N) is 1. The van der Waals surface area contributed by atoms with Crippen LogP contribution in [-0.2, 0) is 0 Å². The van der Waals surface area contributed by atoms with Crippen LogP contribution in [0.25, 0.3) is 5.70 Å². The molecule has 4 fully saturated rings. The van der Waals surface area contributed by atoms with Gasteiger partial charge in [0, 0.05) is 29.7 Å². The quantitative estimate of drug-likeness (QED) is 0.244. The van der Waals surface area contributed by atoms with Crippen molar-refractivity contribution in [2.45, 2.75) is 172 Å². The summed E-state index contributed by atoms with van der Waals surface area (Å²) < 4.78 is 6.71. The van der Waals surface area contributed by atoms with Gasteiger partial charge in [0.05, 0.1) is 0 Å². The van der Waals surface area contributed by atoms with Crippen LogP contribution in [0.4, 0.5) is 0 Å². The van der Waals surface area contributed by atoms with Gasteiger partial charge in [0.15, 0.2) is 0 Å². The largest absolute Gasteiger partial charge is 0.276 e. The second-order valence-electron chi connectivity index (χ2n) is 15.0. The van der Waals surface area contributed by atoms with Crippen LogP contribution in [-0.4, -0.2) is 41.6 Å². The molecule has 0 atom stereocenters. The lowest BCUT2D eigenvalue weighted by Crippen LogP contribution is -2.62. The van der Waals surface area contributed by atoms with E-state index in [0.717, 1.165) is 24.2 Å². The first-order chi connectivity index (χ1) is 19.5. The Labute approximate surface area is 248 Å². The van der Waals surface area contributed by atoms with Crippen LogP contribution in [0.1, 0.15) is 134 Å². The van der Waals surface area contributed by atoms with Gasteiger partial charge in [-0.2, -0.15) is 0 Å². The van der Waals surface area contributed by atoms with Gasteiger partial charge < -0.3 is 0 Å². The summed E-state index contributed by atoms with van der Waals surface area (Å²) >= 11 is 0. The minimum Gasteiger partial charge on any atom is -0.221 e. The first-order valence-corrected chi connectivity index (χ1v) is 22.8. The highest BCUT2D eigenvalue weighted by Crippen LogP contribution is 2.81. The van der Waals surface area contributed by atoms with Crippen LogP contribution < -0.4 is 5.09 Å². The zero-order chi connectivity index (χ0) is 27.6. The maximum Gasteiger partial charge on any atom is 0.276 e. The van der Waals surface area contributed by atoms with Crippen molar-refractivity contribution in [2.75, 3.05) is 0 Å². The Morgan fingerprint density at radius 2 is 0.900 bits per heavy atom. The van der Waals surface area contributed by atoms with Gasteiger partial charge in [0.2, 0.25) is 0 Å². The summed E-state index contributed by atoms with van der Waals surface area (Å²) in [4.78, 5) is 1.96. The first kappa shape index (κ1) is 29.4. The molecule has 0 saturated heterocycles. The Morgan fingerprint density at radius 3 is 1.23 bits per heavy atom. The maximum absolute atomic E-state index is 4.63. The van der Waals surface area contributed by atoms with Crippen LogP contribution in [0.2, 0.25) is 19.6 Å². The highest BCUT2D eigenvalue weighted by atomic mass is 31.2. The molecular weight excluding hydrogens is 521 g/mol. The molecule has 0 aromatic heterocycles. The maximum atomic E-state index is 4.63. The summed E-state index contributed by atoms with van der Waals surface area (Å²) in [6.07, 6.45) is 28.8. The molecule has 40 heavy (non-hydrogen) atoms. The van der Waals surface area contributed by atoms with Gasteiger partial charge in [-0.25, -0.2) is 5.09 Å². The zero-order valence-electron chi connectivity index (χ0n) is 26.2. The van der Waals surface area contributed by atoms with E-state index < -0.39 is 15.8 Å². The molecule has 0 bridgehead atoms. The molecule has 1 aliphatic heterocycles. The fraction of sp³-hybridized carbons (Fsp3) is 0.771. The summed E-state index contributed by atoms with van der Waals surface area (Å²) in [6.45, 7) is 8.09. The Kier molecular flexibility index (Phi) is 9.49. The highest BCUT2D eigenvalue weighted by Gasteiger charge is 2.71. The Bertz CT molecular complexity index is 904. The molecule has 5 heteroatoms. The predicted molar refractivity (Wildman–Crippen MR) is 178 cm³/mol. The minimum absolute atomic E-state index is 0.774. The van der Waals surface area contributed by atoms with Crippen LogP contribution in [0.5, 0.6) is 0 Å². The van der Waals surface area contributed by atoms with E-state index in [0.29, 0.717) is 0 Å². The number of hydrogen-bond acceptors (Lipinski definition) is 3. The van der Waals surface area contributed by atoms with E-state index in [1.54, 1.807) is 5.70 Å². The third-order valence-electron chi connectivity index (χ3n) is 11.1. The zero-order valence-corrected chi connectivity index (χ0v) is 28.1. The standard InChI is InChI=1S/C35H59N3PSi/c1-40(2,3)35-34(29-19-9-4-10-20-29)36-39(35,37(30-21-11-5-12-22-30)31-23-13-6-14-24-31)38(32-25-15-7-16-26-32)33-27-17-8-18-28-33/h4,9-10,19-20,30-33,36H,5-8,11-18,21-28H2,1-3H3/q+1. The van der Waals surface area contributed by atoms with Crippen LogP contribution in [0.3, 0.4) is 0 Å². The lowest BCUT2D eigenvalue weighted by molar-refractivity contribution is 0.123. The van der Waals surface area contributed by atoms with Gasteiger partial charge >= 0.3 is 0 Å². The summed E-state index contributed by atoms with van der Waals surface area (Å²) in [5.74, 6) is 0. The van der Waals surface area contributed by atoms with Gasteiger partial charge in [0.1, 0.15) is 18.7 Å². The molecule has 6 rings (SSSR count). The molecule has 3 nitrogen and oxygen atoms in total. The van der Waals surface area contributed by atoms with Crippen molar-refractivity contribution in [1.82, 2.24) is 14.4 Å². The molecule has 0 amide bonds. The first-order valence-electron chi connectivity index (χ1n) is 17.6. The Balaban J connectivity index is 1.56. The Hall–Kier alpha value is -0.673. The third-order valence-corrected chi connectivity index (χ3v) is 19.7. The van der Waals surface area contributed by atoms with Crippen molar-refractivity contribution in [3.05, 3.63) is 40.8 Å². The smallest absolute Gasteiger partial charge is 0.221 e. The van der Waals surface area contributed by atoms with Crippen LogP contribution in [0, 0.1) is 0 Å². The van der Waals surface area contributed by atoms with Crippen molar-refractivity contribution < 1.29 is 0 Å². The number of nitrogens with zero attached hydrogens (tertiary/aromatic N) is 2. The van der Waals surface area contributed by atoms with Crippen molar-refractivity contribution in [1.29, 1.82) is 0 Å². The average molecular weight is 581 g/mol. The molecular formula is C35H59N3PSi+. The molecule has 4 aliphatic carbocycles. The van der Waals surface area contributed by atoms with Gasteiger partial charge in [-0.15, -0.1) is 9.34 Å². The molecule has 0 unspecified atom stereocenters. The number of hydrogen-bond donors (Lipinski definition) is 1. The molecule has 1 N–H and O–H groups in total. The second kappa shape index (κ2) is 12.9. The molecule has 0 spiro atoms. The normalized spacial score (nSPS) is 26.2. The second-order valence-corrected chi connectivity index (χ2v) is 23.2. The molecule has 1 heterocycles. The Morgan fingerprint density at radius 1 is 0.550 bits per heavy atom. The molecule has 0 radical (unpaired) electrons. The van der Waals surface area contributed by atoms with Crippen molar-refractivity contribution in [3.63, 3.8) is 0 Å². The fourth-order valence-electron chi connectivity index (χ4n) is 9.41. The molecule has 5 aliphatic rings. The van der Waals surface area contributed by atoms with E-state index in [9.17, 15) is 0 Å². The van der Waals surface area contributed by atoms with Gasteiger partial charge in [-0.05, 0) is 51.4 Å². The number of rotatable bonds is 8. The van der Waals surface area contributed by atoms with E-state index in [-0.39, 0.29) is 0 Å². The van der Waals surface area contributed by atoms with E-state index in [2.05, 4.69) is 64.4 Å². The van der Waals surface area contributed by atoms with Crippen molar-refractivity contribution in [3.8, 4) is 0 Å². The van der Waals surface area contributed by atoms with E-state index in [1.807, 2.05) is 4.94 Å². The van der Waals surface area contributed by atoms with Crippen molar-refractivity contribution >= 4 is 21.5 Å². The van der Waals surface area contributed by atoms with E-state index in [4.69, 9.17) is 0 Å². The van der Waals surface area contributed by atoms with Gasteiger partial charge in [-0.3, -0.25) is 0 Å². The van der Waals surface area contributed by atoms with Crippen LogP contribution in [0.15, 0.2) is 35.3 Å². The SMILES string of the molecule is C[Si](C)(C)C1=C(c2ccccc2)N[P+]1(N(C1CCCCC1)C1CCCCC1)N(C1CCCCC1)C1CCCCC1. The lowest BCUT2D eigenvalue weighted by atomic mass is 9.90. The summed E-state index contributed by atoms with van der Waals surface area (Å²) in [6, 6.07) is 14.6. The molecule has 4 saturated carbocycles. The topological polar surface area (TPSA) is 18.5 Å². The third kappa shape index (κ3) is 5.78. The summed E-state index contributed by atoms with van der Waals surface area (Å²) in [7, 11) is -3.51. The average Bonchev–Trinajstić information content (AvgIpc) is 2.97. The molecule has 222 valence electrons. The predicted octanol–water partition coefficient (Wildman–Crippen LogP) is 10.5. The number of benzene rings is 1. The molecule has 1 aromatic rings. The molecule has 1 aromatic carbocycles.